The first-order chi connectivity index (χ1) is 11.3. The Kier molecular flexibility index (Phi) is 4.68. The number of esters is 1. The zero-order valence-corrected chi connectivity index (χ0v) is 13.5. The predicted molar refractivity (Wildman–Crippen MR) is 92.7 cm³/mol. The fraction of sp³-hybridized carbons (Fsp3) is 0.111. The zero-order valence-electron chi connectivity index (χ0n) is 12.7. The highest BCUT2D eigenvalue weighted by atomic mass is 32.1. The third-order valence-corrected chi connectivity index (χ3v) is 4.28. The van der Waals surface area contributed by atoms with E-state index in [1.165, 1.54) is 0 Å². The maximum absolute atomic E-state index is 12.2. The van der Waals surface area contributed by atoms with Gasteiger partial charge in [-0.3, -0.25) is 0 Å². The molecule has 0 saturated carbocycles. The van der Waals surface area contributed by atoms with Crippen LogP contribution in [0, 0.1) is 0 Å². The van der Waals surface area contributed by atoms with E-state index >= 15 is 0 Å². The Morgan fingerprint density at radius 1 is 1.13 bits per heavy atom. The molecular weight excluding hydrogens is 308 g/mol. The Balaban J connectivity index is 1.67. The van der Waals surface area contributed by atoms with E-state index in [0.29, 0.717) is 5.56 Å². The molecule has 23 heavy (non-hydrogen) atoms. The first kappa shape index (κ1) is 15.2. The molecule has 1 heterocycles. The third kappa shape index (κ3) is 3.57. The van der Waals surface area contributed by atoms with Crippen molar-refractivity contribution < 1.29 is 9.53 Å². The van der Waals surface area contributed by atoms with Crippen LogP contribution in [-0.2, 0) is 11.3 Å². The molecule has 0 fully saturated rings. The van der Waals surface area contributed by atoms with Crippen LogP contribution >= 0.6 is 11.3 Å². The summed E-state index contributed by atoms with van der Waals surface area (Å²) in [6, 6.07) is 17.2. The number of benzene rings is 2. The van der Waals surface area contributed by atoms with Gasteiger partial charge in [0.2, 0.25) is 0 Å². The first-order valence-electron chi connectivity index (χ1n) is 7.21. The Hall–Kier alpha value is -2.66. The number of carbonyl (C=O) groups excluding carboxylic acids is 1. The molecule has 0 bridgehead atoms. The van der Waals surface area contributed by atoms with Crippen LogP contribution in [0.4, 0.5) is 5.69 Å². The molecule has 0 atom stereocenters. The molecule has 0 aliphatic rings. The van der Waals surface area contributed by atoms with Gasteiger partial charge in [-0.15, -0.1) is 11.3 Å². The van der Waals surface area contributed by atoms with Gasteiger partial charge in [-0.05, 0) is 12.1 Å². The van der Waals surface area contributed by atoms with Gasteiger partial charge in [0.15, 0.2) is 0 Å². The average molecular weight is 324 g/mol. The minimum Gasteiger partial charge on any atom is -0.455 e. The van der Waals surface area contributed by atoms with E-state index in [2.05, 4.69) is 10.3 Å². The quantitative estimate of drug-likeness (QED) is 0.714. The van der Waals surface area contributed by atoms with Gasteiger partial charge in [-0.1, -0.05) is 42.5 Å². The van der Waals surface area contributed by atoms with Crippen molar-refractivity contribution in [2.24, 2.45) is 0 Å². The SMILES string of the molecule is CNc1ccccc1C(=O)OCc1csc(-c2ccccc2)n1. The van der Waals surface area contributed by atoms with Gasteiger partial charge in [0, 0.05) is 23.7 Å². The predicted octanol–water partition coefficient (Wildman–Crippen LogP) is 4.21. The summed E-state index contributed by atoms with van der Waals surface area (Å²) in [5.41, 5.74) is 3.09. The molecule has 116 valence electrons. The van der Waals surface area contributed by atoms with E-state index in [1.807, 2.05) is 53.9 Å². The standard InChI is InChI=1S/C18H16N2O2S/c1-19-16-10-6-5-9-15(16)18(21)22-11-14-12-23-17(20-14)13-7-3-2-4-8-13/h2-10,12,19H,11H2,1H3. The van der Waals surface area contributed by atoms with Crippen LogP contribution in [-0.4, -0.2) is 18.0 Å². The van der Waals surface area contributed by atoms with E-state index in [0.717, 1.165) is 22.0 Å². The molecule has 0 radical (unpaired) electrons. The van der Waals surface area contributed by atoms with Crippen LogP contribution in [0.2, 0.25) is 0 Å². The number of ether oxygens (including phenoxy) is 1. The molecule has 0 saturated heterocycles. The topological polar surface area (TPSA) is 51.2 Å². The maximum atomic E-state index is 12.2. The highest BCUT2D eigenvalue weighted by Gasteiger charge is 2.13. The highest BCUT2D eigenvalue weighted by molar-refractivity contribution is 7.13. The summed E-state index contributed by atoms with van der Waals surface area (Å²) in [5, 5.41) is 5.83. The zero-order chi connectivity index (χ0) is 16.1. The van der Waals surface area contributed by atoms with Gasteiger partial charge < -0.3 is 10.1 Å². The molecule has 0 aliphatic carbocycles. The number of nitrogens with zero attached hydrogens (tertiary/aromatic N) is 1. The first-order valence-corrected chi connectivity index (χ1v) is 8.09. The molecule has 1 N–H and O–H groups in total. The lowest BCUT2D eigenvalue weighted by Crippen LogP contribution is -2.08. The number of aromatic nitrogens is 1. The summed E-state index contributed by atoms with van der Waals surface area (Å²) in [6.45, 7) is 0.167. The van der Waals surface area contributed by atoms with E-state index < -0.39 is 0 Å². The van der Waals surface area contributed by atoms with Crippen molar-refractivity contribution in [3.05, 3.63) is 71.2 Å². The van der Waals surface area contributed by atoms with Crippen LogP contribution in [0.25, 0.3) is 10.6 Å². The van der Waals surface area contributed by atoms with Crippen molar-refractivity contribution in [1.82, 2.24) is 4.98 Å². The van der Waals surface area contributed by atoms with Crippen molar-refractivity contribution in [1.29, 1.82) is 0 Å². The number of thiazole rings is 1. The van der Waals surface area contributed by atoms with Crippen LogP contribution < -0.4 is 5.32 Å². The molecule has 0 unspecified atom stereocenters. The van der Waals surface area contributed by atoms with Crippen molar-refractivity contribution >= 4 is 23.0 Å². The van der Waals surface area contributed by atoms with Gasteiger partial charge in [0.05, 0.1) is 11.3 Å². The lowest BCUT2D eigenvalue weighted by Gasteiger charge is -2.08. The second-order valence-corrected chi connectivity index (χ2v) is 5.74. The number of rotatable bonds is 5. The van der Waals surface area contributed by atoms with Gasteiger partial charge in [0.1, 0.15) is 11.6 Å². The monoisotopic (exact) mass is 324 g/mol. The average Bonchev–Trinajstić information content (AvgIpc) is 3.09. The highest BCUT2D eigenvalue weighted by Crippen LogP contribution is 2.24. The van der Waals surface area contributed by atoms with Crippen LogP contribution in [0.1, 0.15) is 16.1 Å². The van der Waals surface area contributed by atoms with Crippen LogP contribution in [0.3, 0.4) is 0 Å². The fourth-order valence-electron chi connectivity index (χ4n) is 2.18. The summed E-state index contributed by atoms with van der Waals surface area (Å²) in [4.78, 5) is 16.7. The Morgan fingerprint density at radius 2 is 1.87 bits per heavy atom. The largest absolute Gasteiger partial charge is 0.455 e. The van der Waals surface area contributed by atoms with Crippen molar-refractivity contribution in [2.75, 3.05) is 12.4 Å². The Bertz CT molecular complexity index is 800. The molecule has 2 aromatic carbocycles. The van der Waals surface area contributed by atoms with Crippen LogP contribution in [0.15, 0.2) is 60.0 Å². The second kappa shape index (κ2) is 7.07. The number of anilines is 1. The minimum absolute atomic E-state index is 0.167. The van der Waals surface area contributed by atoms with E-state index in [-0.39, 0.29) is 12.6 Å². The van der Waals surface area contributed by atoms with E-state index in [9.17, 15) is 4.79 Å². The minimum atomic E-state index is -0.357. The molecule has 1 aromatic heterocycles. The van der Waals surface area contributed by atoms with Crippen molar-refractivity contribution in [3.8, 4) is 10.6 Å². The summed E-state index contributed by atoms with van der Waals surface area (Å²) >= 11 is 1.54. The van der Waals surface area contributed by atoms with Gasteiger partial charge in [-0.25, -0.2) is 9.78 Å². The number of carbonyl (C=O) groups is 1. The molecule has 3 aromatic rings. The molecule has 5 heteroatoms. The van der Waals surface area contributed by atoms with Crippen LogP contribution in [0.5, 0.6) is 0 Å². The van der Waals surface area contributed by atoms with Crippen molar-refractivity contribution in [2.45, 2.75) is 6.61 Å². The fourth-order valence-corrected chi connectivity index (χ4v) is 2.99. The summed E-state index contributed by atoms with van der Waals surface area (Å²) in [6.07, 6.45) is 0. The number of nitrogens with one attached hydrogen (secondary N) is 1. The smallest absolute Gasteiger partial charge is 0.340 e. The normalized spacial score (nSPS) is 10.3. The Labute approximate surface area is 138 Å². The summed E-state index contributed by atoms with van der Waals surface area (Å²) < 4.78 is 5.37. The number of para-hydroxylation sites is 1. The molecule has 3 rings (SSSR count). The number of hydrogen-bond donors (Lipinski definition) is 1. The summed E-state index contributed by atoms with van der Waals surface area (Å²) in [7, 11) is 1.78. The molecule has 0 amide bonds. The molecule has 0 spiro atoms. The lowest BCUT2D eigenvalue weighted by atomic mass is 10.2. The summed E-state index contributed by atoms with van der Waals surface area (Å²) in [5.74, 6) is -0.357. The van der Waals surface area contributed by atoms with E-state index in [1.54, 1.807) is 24.5 Å². The van der Waals surface area contributed by atoms with Gasteiger partial charge in [0.25, 0.3) is 0 Å². The lowest BCUT2D eigenvalue weighted by molar-refractivity contribution is 0.0469. The number of hydrogen-bond acceptors (Lipinski definition) is 5. The van der Waals surface area contributed by atoms with Gasteiger partial charge >= 0.3 is 5.97 Å². The molecule has 0 aliphatic heterocycles. The van der Waals surface area contributed by atoms with E-state index in [4.69, 9.17) is 4.74 Å². The molecular formula is C18H16N2O2S. The molecule has 4 nitrogen and oxygen atoms in total. The van der Waals surface area contributed by atoms with Crippen molar-refractivity contribution in [3.63, 3.8) is 0 Å². The second-order valence-electron chi connectivity index (χ2n) is 4.88. The third-order valence-electron chi connectivity index (χ3n) is 3.34. The Morgan fingerprint density at radius 3 is 2.65 bits per heavy atom. The van der Waals surface area contributed by atoms with Gasteiger partial charge in [-0.2, -0.15) is 0 Å². The maximum Gasteiger partial charge on any atom is 0.340 e.